The summed E-state index contributed by atoms with van der Waals surface area (Å²) in [4.78, 5) is 33.8. The highest BCUT2D eigenvalue weighted by molar-refractivity contribution is 7.17. The molecule has 0 unspecified atom stereocenters. The van der Waals surface area contributed by atoms with Crippen molar-refractivity contribution in [2.45, 2.75) is 26.4 Å². The molecule has 38 heavy (non-hydrogen) atoms. The number of carbonyl (C=O) groups excluding carboxylic acids is 1. The van der Waals surface area contributed by atoms with Crippen LogP contribution in [0.4, 0.5) is 19.0 Å². The molecular weight excluding hydrogens is 525 g/mol. The maximum atomic E-state index is 12.6. The number of benzene rings is 1. The Balaban J connectivity index is 0.000000638. The predicted molar refractivity (Wildman–Crippen MR) is 138 cm³/mol. The van der Waals surface area contributed by atoms with Gasteiger partial charge < -0.3 is 24.8 Å². The second-order valence-electron chi connectivity index (χ2n) is 7.59. The van der Waals surface area contributed by atoms with Crippen molar-refractivity contribution in [1.29, 1.82) is 0 Å². The van der Waals surface area contributed by atoms with Crippen LogP contribution in [0, 0.1) is 0 Å². The molecule has 206 valence electrons. The van der Waals surface area contributed by atoms with Gasteiger partial charge in [-0.3, -0.25) is 4.79 Å². The van der Waals surface area contributed by atoms with Crippen molar-refractivity contribution >= 4 is 29.0 Å². The smallest absolute Gasteiger partial charge is 0.490 e. The maximum absolute atomic E-state index is 12.6. The fourth-order valence-corrected chi connectivity index (χ4v) is 4.05. The Hall–Kier alpha value is -3.87. The fourth-order valence-electron chi connectivity index (χ4n) is 3.12. The summed E-state index contributed by atoms with van der Waals surface area (Å²) in [5, 5.41) is 10.5. The molecule has 0 aliphatic heterocycles. The first-order valence-corrected chi connectivity index (χ1v) is 12.3. The molecule has 0 radical (unpaired) electrons. The van der Waals surface area contributed by atoms with Gasteiger partial charge in [0.15, 0.2) is 0 Å². The van der Waals surface area contributed by atoms with Crippen molar-refractivity contribution < 1.29 is 37.3 Å². The van der Waals surface area contributed by atoms with Crippen molar-refractivity contribution in [1.82, 2.24) is 14.9 Å². The van der Waals surface area contributed by atoms with Gasteiger partial charge in [-0.2, -0.15) is 23.1 Å². The predicted octanol–water partition coefficient (Wildman–Crippen LogP) is 4.99. The Labute approximate surface area is 222 Å². The molecule has 0 aliphatic rings. The number of carboxylic acid groups (broad SMARTS) is 1. The van der Waals surface area contributed by atoms with E-state index in [0.29, 0.717) is 30.3 Å². The lowest BCUT2D eigenvalue weighted by molar-refractivity contribution is -0.192. The molecule has 2 N–H and O–H groups in total. The number of aromatic nitrogens is 2. The lowest BCUT2D eigenvalue weighted by Crippen LogP contribution is -2.29. The van der Waals surface area contributed by atoms with Crippen LogP contribution in [-0.2, 0) is 11.2 Å². The summed E-state index contributed by atoms with van der Waals surface area (Å²) >= 11 is 1.43. The summed E-state index contributed by atoms with van der Waals surface area (Å²) in [7, 11) is 3.21. The number of halogens is 3. The van der Waals surface area contributed by atoms with Crippen LogP contribution in [0.1, 0.15) is 29.1 Å². The molecule has 13 heteroatoms. The van der Waals surface area contributed by atoms with Crippen molar-refractivity contribution in [3.8, 4) is 22.3 Å². The molecule has 1 aromatic carbocycles. The zero-order valence-electron chi connectivity index (χ0n) is 21.3. The highest BCUT2D eigenvalue weighted by Gasteiger charge is 2.38. The summed E-state index contributed by atoms with van der Waals surface area (Å²) in [5.41, 5.74) is 1.93. The molecule has 0 spiro atoms. The Kier molecular flexibility index (Phi) is 11.3. The molecule has 0 fully saturated rings. The first kappa shape index (κ1) is 30.4. The monoisotopic (exact) mass is 554 g/mol. The second kappa shape index (κ2) is 14.2. The van der Waals surface area contributed by atoms with Gasteiger partial charge in [-0.1, -0.05) is 12.1 Å². The van der Waals surface area contributed by atoms with Gasteiger partial charge >= 0.3 is 18.2 Å². The minimum absolute atomic E-state index is 0.0418. The molecule has 2 aromatic heterocycles. The SMILES string of the molecule is CCN(CC)C(=O)c1ccc(-c2cc(NCCc3ccc(OC)cc3)nc(OC)n2)s1.O=C(O)C(F)(F)F. The number of carbonyl (C=O) groups is 2. The van der Waals surface area contributed by atoms with Crippen LogP contribution >= 0.6 is 11.3 Å². The number of ether oxygens (including phenoxy) is 2. The molecule has 3 rings (SSSR count). The van der Waals surface area contributed by atoms with Crippen LogP contribution in [0.25, 0.3) is 10.6 Å². The number of nitrogens with one attached hydrogen (secondary N) is 1. The quantitative estimate of drug-likeness (QED) is 0.360. The van der Waals surface area contributed by atoms with Crippen molar-refractivity contribution in [2.75, 3.05) is 39.2 Å². The van der Waals surface area contributed by atoms with Gasteiger partial charge in [-0.15, -0.1) is 11.3 Å². The third kappa shape index (κ3) is 8.91. The number of methoxy groups -OCH3 is 2. The van der Waals surface area contributed by atoms with Gasteiger partial charge in [0, 0.05) is 25.7 Å². The molecular formula is C25H29F3N4O5S. The van der Waals surface area contributed by atoms with Crippen LogP contribution in [0.2, 0.25) is 0 Å². The molecule has 9 nitrogen and oxygen atoms in total. The lowest BCUT2D eigenvalue weighted by atomic mass is 10.1. The number of anilines is 1. The fraction of sp³-hybridized carbons (Fsp3) is 0.360. The summed E-state index contributed by atoms with van der Waals surface area (Å²) in [6.45, 7) is 6.05. The Morgan fingerprint density at radius 3 is 2.18 bits per heavy atom. The topological polar surface area (TPSA) is 114 Å². The number of amides is 1. The van der Waals surface area contributed by atoms with Gasteiger partial charge in [0.25, 0.3) is 5.91 Å². The largest absolute Gasteiger partial charge is 0.497 e. The number of hydrogen-bond donors (Lipinski definition) is 2. The van der Waals surface area contributed by atoms with E-state index < -0.39 is 12.1 Å². The maximum Gasteiger partial charge on any atom is 0.490 e. The minimum Gasteiger partial charge on any atom is -0.497 e. The van der Waals surface area contributed by atoms with E-state index in [1.807, 2.05) is 61.2 Å². The van der Waals surface area contributed by atoms with E-state index in [0.717, 1.165) is 22.7 Å². The number of carboxylic acids is 1. The van der Waals surface area contributed by atoms with Gasteiger partial charge in [-0.25, -0.2) is 4.79 Å². The van der Waals surface area contributed by atoms with Crippen molar-refractivity contribution in [2.24, 2.45) is 0 Å². The number of rotatable bonds is 10. The molecule has 2 heterocycles. The van der Waals surface area contributed by atoms with Crippen LogP contribution in [-0.4, -0.2) is 71.9 Å². The molecule has 0 atom stereocenters. The second-order valence-corrected chi connectivity index (χ2v) is 8.68. The number of aliphatic carboxylic acids is 1. The highest BCUT2D eigenvalue weighted by Crippen LogP contribution is 2.30. The standard InChI is InChI=1S/C23H28N4O3S.C2HF3O2/c1-5-27(6-2)22(28)20-12-11-19(31-20)18-15-21(26-23(25-18)30-4)24-14-13-16-7-9-17(29-3)10-8-16;3-2(4,5)1(6)7/h7-12,15H,5-6,13-14H2,1-4H3,(H,24,25,26);(H,6,7). The van der Waals surface area contributed by atoms with E-state index in [2.05, 4.69) is 15.3 Å². The summed E-state index contributed by atoms with van der Waals surface area (Å²) < 4.78 is 42.2. The lowest BCUT2D eigenvalue weighted by Gasteiger charge is -2.17. The molecule has 0 saturated heterocycles. The number of hydrogen-bond acceptors (Lipinski definition) is 8. The zero-order chi connectivity index (χ0) is 28.3. The van der Waals surface area contributed by atoms with E-state index in [1.54, 1.807) is 14.2 Å². The number of alkyl halides is 3. The molecule has 0 bridgehead atoms. The zero-order valence-corrected chi connectivity index (χ0v) is 22.2. The molecule has 0 saturated carbocycles. The molecule has 3 aromatic rings. The first-order valence-electron chi connectivity index (χ1n) is 11.5. The summed E-state index contributed by atoms with van der Waals surface area (Å²) in [6, 6.07) is 13.9. The van der Waals surface area contributed by atoms with E-state index in [-0.39, 0.29) is 11.9 Å². The van der Waals surface area contributed by atoms with Gasteiger partial charge in [-0.05, 0) is 50.1 Å². The summed E-state index contributed by atoms with van der Waals surface area (Å²) in [6.07, 6.45) is -4.24. The van der Waals surface area contributed by atoms with Gasteiger partial charge in [0.1, 0.15) is 11.6 Å². The number of thiophene rings is 1. The Bertz CT molecular complexity index is 1200. The normalized spacial score (nSPS) is 10.7. The number of nitrogens with zero attached hydrogens (tertiary/aromatic N) is 3. The van der Waals surface area contributed by atoms with Crippen LogP contribution in [0.5, 0.6) is 11.8 Å². The van der Waals surface area contributed by atoms with E-state index in [9.17, 15) is 18.0 Å². The average molecular weight is 555 g/mol. The molecule has 0 aliphatic carbocycles. The Morgan fingerprint density at radius 1 is 1.03 bits per heavy atom. The van der Waals surface area contributed by atoms with Crippen LogP contribution in [0.3, 0.4) is 0 Å². The van der Waals surface area contributed by atoms with E-state index in [1.165, 1.54) is 16.9 Å². The average Bonchev–Trinajstić information content (AvgIpc) is 3.40. The van der Waals surface area contributed by atoms with Crippen molar-refractivity contribution in [3.05, 3.63) is 52.9 Å². The third-order valence-corrected chi connectivity index (χ3v) is 6.23. The van der Waals surface area contributed by atoms with Gasteiger partial charge in [0.2, 0.25) is 0 Å². The van der Waals surface area contributed by atoms with Crippen molar-refractivity contribution in [3.63, 3.8) is 0 Å². The third-order valence-electron chi connectivity index (χ3n) is 5.13. The van der Waals surface area contributed by atoms with Gasteiger partial charge in [0.05, 0.1) is 29.7 Å². The van der Waals surface area contributed by atoms with Crippen LogP contribution < -0.4 is 14.8 Å². The first-order chi connectivity index (χ1) is 18.0. The van der Waals surface area contributed by atoms with E-state index in [4.69, 9.17) is 19.4 Å². The molecule has 1 amide bonds. The Morgan fingerprint density at radius 2 is 1.66 bits per heavy atom. The highest BCUT2D eigenvalue weighted by atomic mass is 32.1. The minimum atomic E-state index is -5.08. The summed E-state index contributed by atoms with van der Waals surface area (Å²) in [5.74, 6) is -1.19. The van der Waals surface area contributed by atoms with Crippen LogP contribution in [0.15, 0.2) is 42.5 Å². The van der Waals surface area contributed by atoms with E-state index >= 15 is 0 Å².